The number of rotatable bonds is 4. The van der Waals surface area contributed by atoms with Crippen molar-refractivity contribution < 1.29 is 35.9 Å². The van der Waals surface area contributed by atoms with Crippen LogP contribution in [0.2, 0.25) is 0 Å². The van der Waals surface area contributed by atoms with Gasteiger partial charge in [-0.3, -0.25) is 9.59 Å². The van der Waals surface area contributed by atoms with Crippen molar-refractivity contribution in [1.29, 1.82) is 0 Å². The number of hydrogen-bond donors (Lipinski definition) is 1. The predicted octanol–water partition coefficient (Wildman–Crippen LogP) is 5.33. The number of nitrogens with one attached hydrogen (secondary N) is 1. The lowest BCUT2D eigenvalue weighted by molar-refractivity contribution is -0.138. The molecule has 1 aliphatic rings. The average molecular weight is 522 g/mol. The molecule has 2 heterocycles. The smallest absolute Gasteiger partial charge is 0.353 e. The van der Waals surface area contributed by atoms with E-state index in [0.29, 0.717) is 32.0 Å². The van der Waals surface area contributed by atoms with Crippen LogP contribution in [0.25, 0.3) is 0 Å². The largest absolute Gasteiger partial charge is 0.417 e. The molecule has 6 nitrogen and oxygen atoms in total. The fourth-order valence-electron chi connectivity index (χ4n) is 3.90. The van der Waals surface area contributed by atoms with Crippen molar-refractivity contribution in [2.24, 2.45) is 0 Å². The number of amides is 2. The van der Waals surface area contributed by atoms with E-state index < -0.39 is 35.0 Å². The number of hydrogen-bond acceptors (Lipinski definition) is 4. The molecule has 12 heteroatoms. The van der Waals surface area contributed by atoms with Gasteiger partial charge in [0.05, 0.1) is 28.6 Å². The fraction of sp³-hybridized carbons (Fsp3) is 0.240. The standard InChI is InChI=1S/C25H20F6N4O2/c26-24(27,28)17-7-5-16(6-8-17)23(37)35-13-11-34(12-14-35)21-10-9-18(15-32-21)33-22(36)19-3-1-2-4-20(19)25(29,30)31/h1-10,15H,11-14H2,(H,33,36). The van der Waals surface area contributed by atoms with Gasteiger partial charge < -0.3 is 15.1 Å². The second kappa shape index (κ2) is 10.1. The zero-order valence-electron chi connectivity index (χ0n) is 19.1. The maximum atomic E-state index is 13.2. The molecule has 0 spiro atoms. The van der Waals surface area contributed by atoms with Gasteiger partial charge >= 0.3 is 12.4 Å². The van der Waals surface area contributed by atoms with Crippen LogP contribution in [0, 0.1) is 0 Å². The first kappa shape index (κ1) is 26.0. The van der Waals surface area contributed by atoms with Gasteiger partial charge in [0.1, 0.15) is 5.82 Å². The Morgan fingerprint density at radius 1 is 0.784 bits per heavy atom. The Labute approximate surface area is 207 Å². The van der Waals surface area contributed by atoms with Gasteiger partial charge in [0.25, 0.3) is 11.8 Å². The third-order valence-electron chi connectivity index (χ3n) is 5.83. The summed E-state index contributed by atoms with van der Waals surface area (Å²) in [5.41, 5.74) is -2.01. The number of nitrogens with zero attached hydrogens (tertiary/aromatic N) is 3. The van der Waals surface area contributed by atoms with Crippen molar-refractivity contribution in [2.75, 3.05) is 36.4 Å². The number of piperazine rings is 1. The third-order valence-corrected chi connectivity index (χ3v) is 5.83. The Hall–Kier alpha value is -4.09. The van der Waals surface area contributed by atoms with Crippen LogP contribution in [0.1, 0.15) is 31.8 Å². The lowest BCUT2D eigenvalue weighted by atomic mass is 10.1. The minimum absolute atomic E-state index is 0.159. The molecule has 1 N–H and O–H groups in total. The number of carbonyl (C=O) groups excluding carboxylic acids is 2. The quantitative estimate of drug-likeness (QED) is 0.471. The Kier molecular flexibility index (Phi) is 7.10. The molecule has 1 aromatic heterocycles. The molecule has 37 heavy (non-hydrogen) atoms. The molecule has 2 amide bonds. The van der Waals surface area contributed by atoms with Crippen LogP contribution in [-0.4, -0.2) is 47.9 Å². The van der Waals surface area contributed by atoms with E-state index in [1.54, 1.807) is 6.07 Å². The van der Waals surface area contributed by atoms with Crippen molar-refractivity contribution in [1.82, 2.24) is 9.88 Å². The lowest BCUT2D eigenvalue weighted by Crippen LogP contribution is -2.49. The van der Waals surface area contributed by atoms with Gasteiger partial charge in [-0.1, -0.05) is 12.1 Å². The first-order valence-electron chi connectivity index (χ1n) is 11.1. The molecule has 0 bridgehead atoms. The van der Waals surface area contributed by atoms with Crippen LogP contribution in [0.3, 0.4) is 0 Å². The second-order valence-electron chi connectivity index (χ2n) is 8.26. The normalized spacial score (nSPS) is 14.4. The highest BCUT2D eigenvalue weighted by Gasteiger charge is 2.35. The molecule has 0 atom stereocenters. The molecule has 1 aliphatic heterocycles. The van der Waals surface area contributed by atoms with Crippen LogP contribution in [0.15, 0.2) is 66.9 Å². The van der Waals surface area contributed by atoms with Gasteiger partial charge in [-0.25, -0.2) is 4.98 Å². The highest BCUT2D eigenvalue weighted by molar-refractivity contribution is 6.05. The minimum Gasteiger partial charge on any atom is -0.353 e. The molecule has 0 saturated carbocycles. The number of carbonyl (C=O) groups is 2. The van der Waals surface area contributed by atoms with Crippen LogP contribution in [-0.2, 0) is 12.4 Å². The van der Waals surface area contributed by atoms with Crippen LogP contribution >= 0.6 is 0 Å². The number of benzene rings is 2. The lowest BCUT2D eigenvalue weighted by Gasteiger charge is -2.35. The maximum absolute atomic E-state index is 13.2. The number of alkyl halides is 6. The summed E-state index contributed by atoms with van der Waals surface area (Å²) in [6.07, 6.45) is -7.83. The molecule has 3 aromatic rings. The Morgan fingerprint density at radius 2 is 1.43 bits per heavy atom. The Morgan fingerprint density at radius 3 is 2.00 bits per heavy atom. The summed E-state index contributed by atoms with van der Waals surface area (Å²) in [6.45, 7) is 1.44. The summed E-state index contributed by atoms with van der Waals surface area (Å²) in [7, 11) is 0. The SMILES string of the molecule is O=C(Nc1ccc(N2CCN(C(=O)c3ccc(C(F)(F)F)cc3)CC2)nc1)c1ccccc1C(F)(F)F. The number of pyridine rings is 1. The van der Waals surface area contributed by atoms with Crippen molar-refractivity contribution in [3.63, 3.8) is 0 Å². The van der Waals surface area contributed by atoms with E-state index in [2.05, 4.69) is 10.3 Å². The van der Waals surface area contributed by atoms with E-state index >= 15 is 0 Å². The van der Waals surface area contributed by atoms with E-state index in [1.807, 2.05) is 4.90 Å². The summed E-state index contributed by atoms with van der Waals surface area (Å²) in [6, 6.07) is 11.6. The zero-order chi connectivity index (χ0) is 26.8. The summed E-state index contributed by atoms with van der Waals surface area (Å²) < 4.78 is 77.7. The number of aromatic nitrogens is 1. The maximum Gasteiger partial charge on any atom is 0.417 e. The molecule has 1 fully saturated rings. The molecule has 2 aromatic carbocycles. The number of halogens is 6. The van der Waals surface area contributed by atoms with Gasteiger partial charge in [-0.15, -0.1) is 0 Å². The van der Waals surface area contributed by atoms with E-state index in [0.717, 1.165) is 36.4 Å². The predicted molar refractivity (Wildman–Crippen MR) is 123 cm³/mol. The van der Waals surface area contributed by atoms with Crippen molar-refractivity contribution in [3.8, 4) is 0 Å². The molecular weight excluding hydrogens is 502 g/mol. The van der Waals surface area contributed by atoms with Gasteiger partial charge in [0, 0.05) is 31.7 Å². The number of anilines is 2. The first-order valence-corrected chi connectivity index (χ1v) is 11.1. The van der Waals surface area contributed by atoms with Gasteiger partial charge in [-0.2, -0.15) is 26.3 Å². The van der Waals surface area contributed by atoms with E-state index in [-0.39, 0.29) is 17.2 Å². The summed E-state index contributed by atoms with van der Waals surface area (Å²) >= 11 is 0. The summed E-state index contributed by atoms with van der Waals surface area (Å²) in [5.74, 6) is -0.758. The highest BCUT2D eigenvalue weighted by atomic mass is 19.4. The zero-order valence-corrected chi connectivity index (χ0v) is 19.1. The molecule has 194 valence electrons. The van der Waals surface area contributed by atoms with E-state index in [9.17, 15) is 35.9 Å². The van der Waals surface area contributed by atoms with Crippen LogP contribution in [0.5, 0.6) is 0 Å². The molecule has 0 aliphatic carbocycles. The molecule has 0 radical (unpaired) electrons. The van der Waals surface area contributed by atoms with E-state index in [4.69, 9.17) is 0 Å². The average Bonchev–Trinajstić information content (AvgIpc) is 2.88. The molecule has 1 saturated heterocycles. The summed E-state index contributed by atoms with van der Waals surface area (Å²) in [4.78, 5) is 32.7. The van der Waals surface area contributed by atoms with Gasteiger partial charge in [0.15, 0.2) is 0 Å². The Bertz CT molecular complexity index is 1270. The van der Waals surface area contributed by atoms with Crippen LogP contribution in [0.4, 0.5) is 37.8 Å². The third kappa shape index (κ3) is 6.01. The minimum atomic E-state index is -4.67. The highest BCUT2D eigenvalue weighted by Crippen LogP contribution is 2.32. The van der Waals surface area contributed by atoms with Crippen molar-refractivity contribution in [2.45, 2.75) is 12.4 Å². The van der Waals surface area contributed by atoms with Gasteiger partial charge in [-0.05, 0) is 48.5 Å². The summed E-state index contributed by atoms with van der Waals surface area (Å²) in [5, 5.41) is 2.41. The molecular formula is C25H20F6N4O2. The second-order valence-corrected chi connectivity index (χ2v) is 8.26. The van der Waals surface area contributed by atoms with Crippen LogP contribution < -0.4 is 10.2 Å². The Balaban J connectivity index is 1.35. The van der Waals surface area contributed by atoms with E-state index in [1.165, 1.54) is 29.3 Å². The van der Waals surface area contributed by atoms with Crippen molar-refractivity contribution >= 4 is 23.3 Å². The fourth-order valence-corrected chi connectivity index (χ4v) is 3.90. The van der Waals surface area contributed by atoms with Crippen molar-refractivity contribution in [3.05, 3.63) is 89.1 Å². The topological polar surface area (TPSA) is 65.5 Å². The molecule has 0 unspecified atom stereocenters. The van der Waals surface area contributed by atoms with Gasteiger partial charge in [0.2, 0.25) is 0 Å². The monoisotopic (exact) mass is 522 g/mol. The molecule has 4 rings (SSSR count). The first-order chi connectivity index (χ1) is 17.4.